The lowest BCUT2D eigenvalue weighted by molar-refractivity contribution is 0.101. The minimum atomic E-state index is -0.382. The summed E-state index contributed by atoms with van der Waals surface area (Å²) >= 11 is 0. The van der Waals surface area contributed by atoms with Crippen molar-refractivity contribution >= 4 is 11.7 Å². The molecule has 0 bridgehead atoms. The normalized spacial score (nSPS) is 10.9. The maximum atomic E-state index is 13.0. The molecule has 170 valence electrons. The van der Waals surface area contributed by atoms with Crippen molar-refractivity contribution in [2.24, 2.45) is 0 Å². The molecule has 0 spiro atoms. The first kappa shape index (κ1) is 22.3. The second-order valence-corrected chi connectivity index (χ2v) is 8.33. The second kappa shape index (κ2) is 9.32. The van der Waals surface area contributed by atoms with Crippen molar-refractivity contribution in [2.45, 2.75) is 47.8 Å². The van der Waals surface area contributed by atoms with E-state index in [2.05, 4.69) is 34.6 Å². The highest BCUT2D eigenvalue weighted by molar-refractivity contribution is 6.03. The van der Waals surface area contributed by atoms with Gasteiger partial charge in [0.2, 0.25) is 0 Å². The van der Waals surface area contributed by atoms with Crippen molar-refractivity contribution in [3.05, 3.63) is 93.5 Å². The van der Waals surface area contributed by atoms with Crippen LogP contribution in [0.1, 0.15) is 49.8 Å². The Bertz CT molecular complexity index is 1300. The van der Waals surface area contributed by atoms with Crippen LogP contribution < -0.4 is 10.1 Å². The first-order valence-electron chi connectivity index (χ1n) is 10.9. The van der Waals surface area contributed by atoms with Crippen LogP contribution in [0.4, 0.5) is 5.82 Å². The predicted molar refractivity (Wildman–Crippen MR) is 127 cm³/mol. The average molecular weight is 445 g/mol. The summed E-state index contributed by atoms with van der Waals surface area (Å²) < 4.78 is 13.2. The third kappa shape index (κ3) is 4.98. The number of aryl methyl sites for hydroxylation is 5. The van der Waals surface area contributed by atoms with Gasteiger partial charge < -0.3 is 14.6 Å². The van der Waals surface area contributed by atoms with Gasteiger partial charge in [0.25, 0.3) is 5.91 Å². The topological polar surface area (TPSA) is 82.2 Å². The van der Waals surface area contributed by atoms with Crippen LogP contribution in [0.2, 0.25) is 0 Å². The summed E-state index contributed by atoms with van der Waals surface area (Å²) in [5, 5.41) is 11.4. The largest absolute Gasteiger partial charge is 0.488 e. The van der Waals surface area contributed by atoms with E-state index < -0.39 is 0 Å². The highest BCUT2D eigenvalue weighted by Gasteiger charge is 2.22. The van der Waals surface area contributed by atoms with Crippen molar-refractivity contribution < 1.29 is 14.1 Å². The molecular formula is C26H28N4O3. The molecule has 0 aliphatic heterocycles. The first-order valence-corrected chi connectivity index (χ1v) is 10.9. The number of ether oxygens (including phenoxy) is 1. The standard InChI is InChI=1S/C26H28N4O3/c1-16-10-11-18(3)23(12-16)32-15-22-20(5)33-29-25(22)26(31)27-24-13-19(4)30(28-24)14-21-9-7-6-8-17(21)2/h6-13H,14-15H2,1-5H3,(H,27,28,31). The number of carbonyl (C=O) groups excluding carboxylic acids is 1. The number of hydrogen-bond donors (Lipinski definition) is 1. The van der Waals surface area contributed by atoms with Gasteiger partial charge in [-0.3, -0.25) is 9.48 Å². The summed E-state index contributed by atoms with van der Waals surface area (Å²) in [6.07, 6.45) is 0. The molecule has 2 heterocycles. The van der Waals surface area contributed by atoms with Crippen molar-refractivity contribution in [1.29, 1.82) is 0 Å². The molecule has 0 aliphatic rings. The van der Waals surface area contributed by atoms with Crippen molar-refractivity contribution in [1.82, 2.24) is 14.9 Å². The van der Waals surface area contributed by atoms with E-state index in [-0.39, 0.29) is 18.2 Å². The fourth-order valence-corrected chi connectivity index (χ4v) is 3.61. The van der Waals surface area contributed by atoms with Gasteiger partial charge in [-0.1, -0.05) is 41.6 Å². The summed E-state index contributed by atoms with van der Waals surface area (Å²) in [5.41, 5.74) is 6.27. The molecule has 0 radical (unpaired) electrons. The van der Waals surface area contributed by atoms with Gasteiger partial charge in [-0.15, -0.1) is 0 Å². The van der Waals surface area contributed by atoms with E-state index in [9.17, 15) is 4.79 Å². The molecule has 1 N–H and O–H groups in total. The summed E-state index contributed by atoms with van der Waals surface area (Å²) in [4.78, 5) is 13.0. The molecular weight excluding hydrogens is 416 g/mol. The Balaban J connectivity index is 1.48. The van der Waals surface area contributed by atoms with Gasteiger partial charge in [0.1, 0.15) is 18.1 Å². The molecule has 1 amide bonds. The van der Waals surface area contributed by atoms with Gasteiger partial charge in [-0.05, 0) is 62.9 Å². The van der Waals surface area contributed by atoms with Gasteiger partial charge in [0.15, 0.2) is 11.5 Å². The smallest absolute Gasteiger partial charge is 0.279 e. The molecule has 4 aromatic rings. The summed E-state index contributed by atoms with van der Waals surface area (Å²) in [6, 6.07) is 16.0. The Kier molecular flexibility index (Phi) is 6.31. The molecule has 0 unspecified atom stereocenters. The quantitative estimate of drug-likeness (QED) is 0.419. The van der Waals surface area contributed by atoms with E-state index in [0.29, 0.717) is 23.7 Å². The van der Waals surface area contributed by atoms with E-state index in [1.165, 1.54) is 11.1 Å². The van der Waals surface area contributed by atoms with E-state index >= 15 is 0 Å². The molecule has 7 heteroatoms. The number of carbonyl (C=O) groups is 1. The minimum absolute atomic E-state index is 0.184. The zero-order valence-corrected chi connectivity index (χ0v) is 19.6. The fraction of sp³-hybridized carbons (Fsp3) is 0.269. The first-order chi connectivity index (χ1) is 15.8. The molecule has 2 aromatic heterocycles. The van der Waals surface area contributed by atoms with Crippen LogP contribution >= 0.6 is 0 Å². The summed E-state index contributed by atoms with van der Waals surface area (Å²) in [5.74, 6) is 1.40. The second-order valence-electron chi connectivity index (χ2n) is 8.33. The number of nitrogens with one attached hydrogen (secondary N) is 1. The number of rotatable bonds is 7. The van der Waals surface area contributed by atoms with Crippen LogP contribution in [-0.2, 0) is 13.2 Å². The third-order valence-electron chi connectivity index (χ3n) is 5.72. The maximum absolute atomic E-state index is 13.0. The van der Waals surface area contributed by atoms with Gasteiger partial charge in [0, 0.05) is 11.8 Å². The highest BCUT2D eigenvalue weighted by Crippen LogP contribution is 2.23. The molecule has 0 saturated carbocycles. The molecule has 0 saturated heterocycles. The van der Waals surface area contributed by atoms with Crippen LogP contribution in [0.3, 0.4) is 0 Å². The lowest BCUT2D eigenvalue weighted by atomic mass is 10.1. The predicted octanol–water partition coefficient (Wildman–Crippen LogP) is 5.29. The zero-order valence-electron chi connectivity index (χ0n) is 19.6. The maximum Gasteiger partial charge on any atom is 0.279 e. The lowest BCUT2D eigenvalue weighted by Crippen LogP contribution is -2.16. The molecule has 0 fully saturated rings. The number of hydrogen-bond acceptors (Lipinski definition) is 5. The third-order valence-corrected chi connectivity index (χ3v) is 5.72. The van der Waals surface area contributed by atoms with Crippen LogP contribution in [-0.4, -0.2) is 20.8 Å². The Morgan fingerprint density at radius 3 is 2.61 bits per heavy atom. The zero-order chi connectivity index (χ0) is 23.5. The fourth-order valence-electron chi connectivity index (χ4n) is 3.61. The van der Waals surface area contributed by atoms with Crippen LogP contribution in [0.15, 0.2) is 53.1 Å². The van der Waals surface area contributed by atoms with Crippen molar-refractivity contribution in [2.75, 3.05) is 5.32 Å². The number of amides is 1. The van der Waals surface area contributed by atoms with Crippen LogP contribution in [0.25, 0.3) is 0 Å². The molecule has 7 nitrogen and oxygen atoms in total. The monoisotopic (exact) mass is 444 g/mol. The summed E-state index contributed by atoms with van der Waals surface area (Å²) in [6.45, 7) is 10.6. The minimum Gasteiger partial charge on any atom is -0.488 e. The Morgan fingerprint density at radius 1 is 1.03 bits per heavy atom. The lowest BCUT2D eigenvalue weighted by Gasteiger charge is -2.10. The Morgan fingerprint density at radius 2 is 1.82 bits per heavy atom. The average Bonchev–Trinajstić information content (AvgIpc) is 3.32. The summed E-state index contributed by atoms with van der Waals surface area (Å²) in [7, 11) is 0. The van der Waals surface area contributed by atoms with Gasteiger partial charge in [-0.2, -0.15) is 5.10 Å². The number of benzene rings is 2. The molecule has 4 rings (SSSR count). The SMILES string of the molecule is Cc1ccc(C)c(OCc2c(C(=O)Nc3cc(C)n(Cc4ccccc4C)n3)noc2C)c1. The molecule has 2 aromatic carbocycles. The van der Waals surface area contributed by atoms with Crippen LogP contribution in [0.5, 0.6) is 5.75 Å². The van der Waals surface area contributed by atoms with Crippen molar-refractivity contribution in [3.63, 3.8) is 0 Å². The van der Waals surface area contributed by atoms with Gasteiger partial charge in [-0.25, -0.2) is 0 Å². The Labute approximate surface area is 193 Å². The van der Waals surface area contributed by atoms with Crippen molar-refractivity contribution in [3.8, 4) is 5.75 Å². The highest BCUT2D eigenvalue weighted by atomic mass is 16.5. The van der Waals surface area contributed by atoms with E-state index in [4.69, 9.17) is 9.26 Å². The molecule has 33 heavy (non-hydrogen) atoms. The molecule has 0 atom stereocenters. The van der Waals surface area contributed by atoms with Gasteiger partial charge in [0.05, 0.1) is 12.1 Å². The van der Waals surface area contributed by atoms with E-state index in [1.807, 2.05) is 61.9 Å². The van der Waals surface area contributed by atoms with Crippen LogP contribution in [0, 0.1) is 34.6 Å². The number of nitrogens with zero attached hydrogens (tertiary/aromatic N) is 3. The number of anilines is 1. The Hall–Kier alpha value is -3.87. The molecule has 0 aliphatic carbocycles. The van der Waals surface area contributed by atoms with E-state index in [1.54, 1.807) is 6.92 Å². The van der Waals surface area contributed by atoms with E-state index in [0.717, 1.165) is 22.6 Å². The number of aromatic nitrogens is 3. The van der Waals surface area contributed by atoms with Gasteiger partial charge >= 0.3 is 0 Å².